The number of nitrogens with two attached hydrogens (primary N) is 1. The first-order valence-electron chi connectivity index (χ1n) is 5.77. The minimum atomic E-state index is -0.461. The summed E-state index contributed by atoms with van der Waals surface area (Å²) in [6, 6.07) is 4.38. The number of carbonyl (C=O) groups is 1. The summed E-state index contributed by atoms with van der Waals surface area (Å²) in [6.07, 6.45) is 0.988. The average Bonchev–Trinajstić information content (AvgIpc) is 2.27. The summed E-state index contributed by atoms with van der Waals surface area (Å²) in [7, 11) is 0. The second-order valence-corrected chi connectivity index (χ2v) is 5.42. The molecule has 1 amide bonds. The fourth-order valence-electron chi connectivity index (χ4n) is 1.37. The van der Waals surface area contributed by atoms with Crippen molar-refractivity contribution in [2.45, 2.75) is 38.8 Å². The zero-order chi connectivity index (χ0) is 13.8. The van der Waals surface area contributed by atoms with Crippen LogP contribution in [0, 0.1) is 5.82 Å². The van der Waals surface area contributed by atoms with Crippen molar-refractivity contribution in [1.82, 2.24) is 5.32 Å². The van der Waals surface area contributed by atoms with E-state index in [-0.39, 0.29) is 16.5 Å². The molecule has 0 radical (unpaired) electrons. The first kappa shape index (κ1) is 14.9. The standard InChI is InChI=1S/C13H18ClFN2O/c1-13(2,16)6-5-12(18)17-8-9-3-4-11(15)10(14)7-9/h3-4,7H,5-6,8,16H2,1-2H3,(H,17,18). The lowest BCUT2D eigenvalue weighted by atomic mass is 10.00. The van der Waals surface area contributed by atoms with Gasteiger partial charge in [-0.05, 0) is 38.0 Å². The first-order chi connectivity index (χ1) is 8.28. The van der Waals surface area contributed by atoms with Gasteiger partial charge in [0.1, 0.15) is 5.82 Å². The van der Waals surface area contributed by atoms with E-state index in [0.29, 0.717) is 19.4 Å². The monoisotopic (exact) mass is 272 g/mol. The van der Waals surface area contributed by atoms with Crippen LogP contribution in [0.3, 0.4) is 0 Å². The van der Waals surface area contributed by atoms with E-state index in [1.165, 1.54) is 12.1 Å². The highest BCUT2D eigenvalue weighted by atomic mass is 35.5. The predicted molar refractivity (Wildman–Crippen MR) is 70.8 cm³/mol. The molecule has 3 N–H and O–H groups in total. The van der Waals surface area contributed by atoms with E-state index in [1.807, 2.05) is 13.8 Å². The van der Waals surface area contributed by atoms with E-state index in [2.05, 4.69) is 5.32 Å². The molecule has 0 saturated carbocycles. The summed E-state index contributed by atoms with van der Waals surface area (Å²) in [5, 5.41) is 2.80. The summed E-state index contributed by atoms with van der Waals surface area (Å²) in [4.78, 5) is 11.5. The molecule has 0 spiro atoms. The SMILES string of the molecule is CC(C)(N)CCC(=O)NCc1ccc(F)c(Cl)c1. The van der Waals surface area contributed by atoms with Gasteiger partial charge in [-0.25, -0.2) is 4.39 Å². The predicted octanol–water partition coefficient (Wildman–Crippen LogP) is 2.61. The number of halogens is 2. The number of nitrogens with one attached hydrogen (secondary N) is 1. The van der Waals surface area contributed by atoms with E-state index >= 15 is 0 Å². The van der Waals surface area contributed by atoms with Crippen molar-refractivity contribution in [3.05, 3.63) is 34.6 Å². The molecule has 1 aromatic carbocycles. The number of carbonyl (C=O) groups excluding carboxylic acids is 1. The molecular formula is C13H18ClFN2O. The summed E-state index contributed by atoms with van der Waals surface area (Å²) < 4.78 is 12.9. The molecule has 0 bridgehead atoms. The van der Waals surface area contributed by atoms with Crippen molar-refractivity contribution >= 4 is 17.5 Å². The molecule has 0 unspecified atom stereocenters. The molecule has 1 aromatic rings. The maximum Gasteiger partial charge on any atom is 0.220 e. The van der Waals surface area contributed by atoms with Crippen LogP contribution in [-0.4, -0.2) is 11.4 Å². The molecule has 3 nitrogen and oxygen atoms in total. The molecule has 18 heavy (non-hydrogen) atoms. The van der Waals surface area contributed by atoms with Gasteiger partial charge in [0, 0.05) is 18.5 Å². The molecule has 0 atom stereocenters. The molecule has 0 heterocycles. The quantitative estimate of drug-likeness (QED) is 0.866. The molecule has 1 rings (SSSR count). The van der Waals surface area contributed by atoms with E-state index in [9.17, 15) is 9.18 Å². The topological polar surface area (TPSA) is 55.1 Å². The van der Waals surface area contributed by atoms with Crippen LogP contribution >= 0.6 is 11.6 Å². The molecule has 0 fully saturated rings. The Morgan fingerprint density at radius 3 is 2.72 bits per heavy atom. The van der Waals surface area contributed by atoms with Crippen LogP contribution in [-0.2, 0) is 11.3 Å². The highest BCUT2D eigenvalue weighted by Crippen LogP contribution is 2.15. The van der Waals surface area contributed by atoms with Gasteiger partial charge in [0.15, 0.2) is 0 Å². The third-order valence-corrected chi connectivity index (χ3v) is 2.76. The molecule has 0 aliphatic heterocycles. The largest absolute Gasteiger partial charge is 0.352 e. The van der Waals surface area contributed by atoms with Crippen molar-refractivity contribution in [2.75, 3.05) is 0 Å². The van der Waals surface area contributed by atoms with E-state index < -0.39 is 5.82 Å². The summed E-state index contributed by atoms with van der Waals surface area (Å²) >= 11 is 5.65. The summed E-state index contributed by atoms with van der Waals surface area (Å²) in [5.41, 5.74) is 6.20. The van der Waals surface area contributed by atoms with Crippen molar-refractivity contribution in [2.24, 2.45) is 5.73 Å². The number of benzene rings is 1. The third kappa shape index (κ3) is 5.47. The van der Waals surface area contributed by atoms with Crippen LogP contribution in [0.15, 0.2) is 18.2 Å². The molecule has 100 valence electrons. The molecule has 0 saturated heterocycles. The highest BCUT2D eigenvalue weighted by molar-refractivity contribution is 6.30. The second-order valence-electron chi connectivity index (χ2n) is 5.01. The Morgan fingerprint density at radius 2 is 2.17 bits per heavy atom. The number of hydrogen-bond donors (Lipinski definition) is 2. The Bertz CT molecular complexity index is 429. The Labute approximate surface area is 112 Å². The Morgan fingerprint density at radius 1 is 1.50 bits per heavy atom. The number of rotatable bonds is 5. The van der Waals surface area contributed by atoms with Gasteiger partial charge in [-0.15, -0.1) is 0 Å². The lowest BCUT2D eigenvalue weighted by Gasteiger charge is -2.17. The van der Waals surface area contributed by atoms with Gasteiger partial charge < -0.3 is 11.1 Å². The van der Waals surface area contributed by atoms with Gasteiger partial charge in [0.05, 0.1) is 5.02 Å². The summed E-state index contributed by atoms with van der Waals surface area (Å²) in [5.74, 6) is -0.536. The minimum Gasteiger partial charge on any atom is -0.352 e. The Hall–Kier alpha value is -1.13. The normalized spacial score (nSPS) is 11.4. The lowest BCUT2D eigenvalue weighted by molar-refractivity contribution is -0.121. The van der Waals surface area contributed by atoms with E-state index in [0.717, 1.165) is 5.56 Å². The minimum absolute atomic E-state index is 0.0600. The maximum absolute atomic E-state index is 12.9. The number of hydrogen-bond acceptors (Lipinski definition) is 2. The zero-order valence-electron chi connectivity index (χ0n) is 10.6. The maximum atomic E-state index is 12.9. The zero-order valence-corrected chi connectivity index (χ0v) is 11.4. The van der Waals surface area contributed by atoms with Crippen LogP contribution in [0.4, 0.5) is 4.39 Å². The average molecular weight is 273 g/mol. The van der Waals surface area contributed by atoms with Gasteiger partial charge in [0.25, 0.3) is 0 Å². The van der Waals surface area contributed by atoms with Gasteiger partial charge in [-0.2, -0.15) is 0 Å². The second kappa shape index (κ2) is 6.16. The van der Waals surface area contributed by atoms with Crippen molar-refractivity contribution in [1.29, 1.82) is 0 Å². The van der Waals surface area contributed by atoms with Crippen LogP contribution in [0.1, 0.15) is 32.3 Å². The van der Waals surface area contributed by atoms with Crippen LogP contribution in [0.25, 0.3) is 0 Å². The van der Waals surface area contributed by atoms with Crippen molar-refractivity contribution in [3.63, 3.8) is 0 Å². The smallest absolute Gasteiger partial charge is 0.220 e. The highest BCUT2D eigenvalue weighted by Gasteiger charge is 2.13. The molecular weight excluding hydrogens is 255 g/mol. The third-order valence-electron chi connectivity index (χ3n) is 2.47. The van der Waals surface area contributed by atoms with Gasteiger partial charge in [-0.1, -0.05) is 17.7 Å². The van der Waals surface area contributed by atoms with Gasteiger partial charge in [0.2, 0.25) is 5.91 Å². The molecule has 0 aromatic heterocycles. The van der Waals surface area contributed by atoms with E-state index in [4.69, 9.17) is 17.3 Å². The van der Waals surface area contributed by atoms with Crippen LogP contribution in [0.5, 0.6) is 0 Å². The first-order valence-corrected chi connectivity index (χ1v) is 6.15. The fraction of sp³-hybridized carbons (Fsp3) is 0.462. The molecule has 0 aliphatic carbocycles. The molecule has 0 aliphatic rings. The summed E-state index contributed by atoms with van der Waals surface area (Å²) in [6.45, 7) is 4.09. The molecule has 5 heteroatoms. The Balaban J connectivity index is 2.40. The van der Waals surface area contributed by atoms with Crippen molar-refractivity contribution < 1.29 is 9.18 Å². The fourth-order valence-corrected chi connectivity index (χ4v) is 1.58. The van der Waals surface area contributed by atoms with Gasteiger partial charge in [-0.3, -0.25) is 4.79 Å². The van der Waals surface area contributed by atoms with E-state index in [1.54, 1.807) is 6.07 Å². The van der Waals surface area contributed by atoms with Crippen molar-refractivity contribution in [3.8, 4) is 0 Å². The van der Waals surface area contributed by atoms with Crippen LogP contribution in [0.2, 0.25) is 5.02 Å². The number of amides is 1. The van der Waals surface area contributed by atoms with Crippen LogP contribution < -0.4 is 11.1 Å². The lowest BCUT2D eigenvalue weighted by Crippen LogP contribution is -2.34. The Kier molecular flexibility index (Phi) is 5.11. The van der Waals surface area contributed by atoms with Gasteiger partial charge >= 0.3 is 0 Å².